The molecular formula is C21H31F3IN3O2. The second-order valence-electron chi connectivity index (χ2n) is 7.33. The van der Waals surface area contributed by atoms with Crippen LogP contribution in [-0.4, -0.2) is 50.1 Å². The molecule has 0 bridgehead atoms. The van der Waals surface area contributed by atoms with Gasteiger partial charge in [-0.05, 0) is 43.7 Å². The van der Waals surface area contributed by atoms with Crippen molar-refractivity contribution < 1.29 is 22.7 Å². The first-order valence-corrected chi connectivity index (χ1v) is 10.0. The van der Waals surface area contributed by atoms with Crippen molar-refractivity contribution in [2.24, 2.45) is 10.9 Å². The zero-order valence-electron chi connectivity index (χ0n) is 17.7. The van der Waals surface area contributed by atoms with E-state index in [1.165, 1.54) is 19.2 Å². The lowest BCUT2D eigenvalue weighted by Gasteiger charge is -2.33. The lowest BCUT2D eigenvalue weighted by atomic mass is 9.96. The molecule has 0 amide bonds. The van der Waals surface area contributed by atoms with Crippen LogP contribution in [0.15, 0.2) is 29.3 Å². The molecule has 1 N–H and O–H groups in total. The molecule has 0 spiro atoms. The Morgan fingerprint density at radius 3 is 2.57 bits per heavy atom. The molecule has 30 heavy (non-hydrogen) atoms. The van der Waals surface area contributed by atoms with Gasteiger partial charge in [-0.15, -0.1) is 24.0 Å². The normalized spacial score (nSPS) is 16.6. The smallest absolute Gasteiger partial charge is 0.416 e. The highest BCUT2D eigenvalue weighted by atomic mass is 127. The summed E-state index contributed by atoms with van der Waals surface area (Å²) in [4.78, 5) is 18.5. The summed E-state index contributed by atoms with van der Waals surface area (Å²) < 4.78 is 43.6. The molecule has 9 heteroatoms. The summed E-state index contributed by atoms with van der Waals surface area (Å²) in [6.45, 7) is 6.57. The predicted molar refractivity (Wildman–Crippen MR) is 122 cm³/mol. The number of ether oxygens (including phenoxy) is 1. The topological polar surface area (TPSA) is 53.9 Å². The molecule has 0 aliphatic carbocycles. The number of alkyl halides is 3. The number of aliphatic imine (C=N–C) groups is 1. The number of guanidine groups is 1. The van der Waals surface area contributed by atoms with Crippen molar-refractivity contribution in [3.63, 3.8) is 0 Å². The lowest BCUT2D eigenvalue weighted by Crippen LogP contribution is -2.46. The maximum absolute atomic E-state index is 12.9. The van der Waals surface area contributed by atoms with Gasteiger partial charge in [0.1, 0.15) is 0 Å². The predicted octanol–water partition coefficient (Wildman–Crippen LogP) is 4.67. The first-order valence-electron chi connectivity index (χ1n) is 10.0. The first-order chi connectivity index (χ1) is 13.8. The number of methoxy groups -OCH3 is 1. The second kappa shape index (κ2) is 12.4. The number of nitrogens with zero attached hydrogens (tertiary/aromatic N) is 2. The van der Waals surface area contributed by atoms with Crippen LogP contribution in [-0.2, 0) is 15.7 Å². The monoisotopic (exact) mass is 541 g/mol. The summed E-state index contributed by atoms with van der Waals surface area (Å²) in [5, 5.41) is 3.26. The molecule has 1 fully saturated rings. The van der Waals surface area contributed by atoms with Crippen LogP contribution in [0.4, 0.5) is 13.2 Å². The molecule has 170 valence electrons. The summed E-state index contributed by atoms with van der Waals surface area (Å²) >= 11 is 0. The number of esters is 1. The second-order valence-corrected chi connectivity index (χ2v) is 7.33. The van der Waals surface area contributed by atoms with E-state index in [9.17, 15) is 18.0 Å². The number of benzene rings is 1. The van der Waals surface area contributed by atoms with E-state index >= 15 is 0 Å². The zero-order chi connectivity index (χ0) is 21.4. The average molecular weight is 541 g/mol. The molecule has 1 saturated heterocycles. The van der Waals surface area contributed by atoms with Gasteiger partial charge in [-0.2, -0.15) is 13.2 Å². The number of rotatable bonds is 6. The number of hydrogen-bond donors (Lipinski definition) is 1. The fourth-order valence-corrected chi connectivity index (χ4v) is 3.47. The van der Waals surface area contributed by atoms with E-state index in [1.807, 2.05) is 13.8 Å². The van der Waals surface area contributed by atoms with Gasteiger partial charge in [0.2, 0.25) is 0 Å². The van der Waals surface area contributed by atoms with E-state index in [-0.39, 0.29) is 41.8 Å². The standard InChI is InChI=1S/C21H30F3N3O2.HI/c1-4-25-20(27-12-9-16(10-13-27)19(28)29-3)26-11-8-15(2)17-6-5-7-18(14-17)21(22,23)24;/h5-7,14-16H,4,8-13H2,1-3H3,(H,25,26);1H. The molecule has 0 radical (unpaired) electrons. The quantitative estimate of drug-likeness (QED) is 0.246. The molecule has 1 atom stereocenters. The summed E-state index contributed by atoms with van der Waals surface area (Å²) in [6, 6.07) is 5.49. The molecule has 1 heterocycles. The number of carbonyl (C=O) groups is 1. The molecule has 1 aromatic carbocycles. The summed E-state index contributed by atoms with van der Waals surface area (Å²) in [6.07, 6.45) is -2.24. The lowest BCUT2D eigenvalue weighted by molar-refractivity contribution is -0.146. The van der Waals surface area contributed by atoms with Gasteiger partial charge in [0.25, 0.3) is 0 Å². The summed E-state index contributed by atoms with van der Waals surface area (Å²) in [5.41, 5.74) is 0.0473. The first kappa shape index (κ1) is 26.5. The van der Waals surface area contributed by atoms with Crippen LogP contribution in [0.2, 0.25) is 0 Å². The minimum absolute atomic E-state index is 0. The summed E-state index contributed by atoms with van der Waals surface area (Å²) in [7, 11) is 1.41. The van der Waals surface area contributed by atoms with Crippen LogP contribution >= 0.6 is 24.0 Å². The van der Waals surface area contributed by atoms with Crippen LogP contribution < -0.4 is 5.32 Å². The van der Waals surface area contributed by atoms with E-state index in [1.54, 1.807) is 6.07 Å². The van der Waals surface area contributed by atoms with Crippen LogP contribution in [0.25, 0.3) is 0 Å². The largest absolute Gasteiger partial charge is 0.469 e. The van der Waals surface area contributed by atoms with E-state index in [0.717, 1.165) is 44.5 Å². The zero-order valence-corrected chi connectivity index (χ0v) is 20.0. The Morgan fingerprint density at radius 1 is 1.33 bits per heavy atom. The Balaban J connectivity index is 0.00000450. The number of carbonyl (C=O) groups excluding carboxylic acids is 1. The van der Waals surface area contributed by atoms with Crippen LogP contribution in [0, 0.1) is 5.92 Å². The van der Waals surface area contributed by atoms with Gasteiger partial charge < -0.3 is 15.0 Å². The third-order valence-corrected chi connectivity index (χ3v) is 5.27. The van der Waals surface area contributed by atoms with Crippen molar-refractivity contribution in [3.8, 4) is 0 Å². The Hall–Kier alpha value is -1.52. The molecule has 1 aliphatic heterocycles. The third-order valence-electron chi connectivity index (χ3n) is 5.27. The number of likely N-dealkylation sites (tertiary alicyclic amines) is 1. The van der Waals surface area contributed by atoms with Crippen molar-refractivity contribution in [2.45, 2.75) is 45.2 Å². The van der Waals surface area contributed by atoms with E-state index in [2.05, 4.69) is 15.2 Å². The highest BCUT2D eigenvalue weighted by Crippen LogP contribution is 2.31. The number of piperidine rings is 1. The third kappa shape index (κ3) is 7.63. The van der Waals surface area contributed by atoms with Crippen molar-refractivity contribution in [1.29, 1.82) is 0 Å². The van der Waals surface area contributed by atoms with E-state index in [4.69, 9.17) is 4.74 Å². The molecule has 0 saturated carbocycles. The molecule has 2 rings (SSSR count). The number of halogens is 4. The highest BCUT2D eigenvalue weighted by Gasteiger charge is 2.30. The Bertz CT molecular complexity index is 705. The van der Waals surface area contributed by atoms with E-state index < -0.39 is 11.7 Å². The minimum atomic E-state index is -4.33. The van der Waals surface area contributed by atoms with Gasteiger partial charge >= 0.3 is 12.1 Å². The maximum Gasteiger partial charge on any atom is 0.416 e. The highest BCUT2D eigenvalue weighted by molar-refractivity contribution is 14.0. The van der Waals surface area contributed by atoms with Gasteiger partial charge in [0, 0.05) is 26.2 Å². The van der Waals surface area contributed by atoms with Crippen molar-refractivity contribution in [2.75, 3.05) is 33.3 Å². The van der Waals surface area contributed by atoms with Crippen molar-refractivity contribution >= 4 is 35.9 Å². The molecule has 0 aromatic heterocycles. The fourth-order valence-electron chi connectivity index (χ4n) is 3.47. The van der Waals surface area contributed by atoms with Gasteiger partial charge in [-0.3, -0.25) is 9.79 Å². The van der Waals surface area contributed by atoms with Gasteiger partial charge in [-0.25, -0.2) is 0 Å². The Labute approximate surface area is 193 Å². The number of hydrogen-bond acceptors (Lipinski definition) is 3. The average Bonchev–Trinajstić information content (AvgIpc) is 2.72. The Morgan fingerprint density at radius 2 is 2.00 bits per heavy atom. The summed E-state index contributed by atoms with van der Waals surface area (Å²) in [5.74, 6) is 0.516. The molecule has 1 unspecified atom stereocenters. The molecular weight excluding hydrogens is 510 g/mol. The van der Waals surface area contributed by atoms with Gasteiger partial charge in [-0.1, -0.05) is 25.1 Å². The van der Waals surface area contributed by atoms with Gasteiger partial charge in [0.05, 0.1) is 18.6 Å². The molecule has 5 nitrogen and oxygen atoms in total. The maximum atomic E-state index is 12.9. The molecule has 1 aromatic rings. The van der Waals surface area contributed by atoms with Gasteiger partial charge in [0.15, 0.2) is 5.96 Å². The number of nitrogens with one attached hydrogen (secondary N) is 1. The molecule has 1 aliphatic rings. The van der Waals surface area contributed by atoms with Crippen LogP contribution in [0.5, 0.6) is 0 Å². The Kier molecular flexibility index (Phi) is 10.9. The fraction of sp³-hybridized carbons (Fsp3) is 0.619. The van der Waals surface area contributed by atoms with Crippen molar-refractivity contribution in [3.05, 3.63) is 35.4 Å². The van der Waals surface area contributed by atoms with Crippen LogP contribution in [0.3, 0.4) is 0 Å². The minimum Gasteiger partial charge on any atom is -0.469 e. The van der Waals surface area contributed by atoms with Crippen LogP contribution in [0.1, 0.15) is 50.2 Å². The van der Waals surface area contributed by atoms with Crippen molar-refractivity contribution in [1.82, 2.24) is 10.2 Å². The SMILES string of the molecule is CCNC(=NCCC(C)c1cccc(C(F)(F)F)c1)N1CCC(C(=O)OC)CC1.I. The van der Waals surface area contributed by atoms with E-state index in [0.29, 0.717) is 18.5 Å².